The second-order valence-corrected chi connectivity index (χ2v) is 5.39. The second-order valence-electron chi connectivity index (χ2n) is 5.39. The first-order valence-corrected chi connectivity index (χ1v) is 7.48. The van der Waals surface area contributed by atoms with Gasteiger partial charge < -0.3 is 10.6 Å². The lowest BCUT2D eigenvalue weighted by Gasteiger charge is -2.20. The zero-order valence-electron chi connectivity index (χ0n) is 12.0. The molecule has 0 heterocycles. The topological polar surface area (TPSA) is 58.2 Å². The normalized spacial score (nSPS) is 15.5. The third-order valence-electron chi connectivity index (χ3n) is 3.77. The van der Waals surface area contributed by atoms with Gasteiger partial charge in [-0.2, -0.15) is 0 Å². The third-order valence-corrected chi connectivity index (χ3v) is 3.77. The van der Waals surface area contributed by atoms with Crippen molar-refractivity contribution in [2.24, 2.45) is 5.92 Å². The van der Waals surface area contributed by atoms with E-state index in [2.05, 4.69) is 10.6 Å². The Hall–Kier alpha value is -1.91. The van der Waals surface area contributed by atoms with E-state index in [1.807, 2.05) is 0 Å². The lowest BCUT2D eigenvalue weighted by Crippen LogP contribution is -2.38. The van der Waals surface area contributed by atoms with Gasteiger partial charge in [0, 0.05) is 24.6 Å². The average Bonchev–Trinajstić information content (AvgIpc) is 2.52. The Morgan fingerprint density at radius 3 is 2.52 bits per heavy atom. The van der Waals surface area contributed by atoms with Gasteiger partial charge in [-0.05, 0) is 31.0 Å². The molecule has 2 amide bonds. The molecule has 1 aromatic rings. The highest BCUT2D eigenvalue weighted by molar-refractivity contribution is 5.94. The minimum Gasteiger partial charge on any atom is -0.354 e. The van der Waals surface area contributed by atoms with E-state index in [0.29, 0.717) is 13.1 Å². The summed E-state index contributed by atoms with van der Waals surface area (Å²) in [4.78, 5) is 23.6. The van der Waals surface area contributed by atoms with Crippen molar-refractivity contribution in [2.75, 3.05) is 13.1 Å². The SMILES string of the molecule is O=C(NCCNC(=O)C1CCCCC1)c1cccc(F)c1. The van der Waals surface area contributed by atoms with Crippen molar-refractivity contribution in [2.45, 2.75) is 32.1 Å². The number of carbonyl (C=O) groups excluding carboxylic acids is 2. The van der Waals surface area contributed by atoms with Crippen LogP contribution < -0.4 is 10.6 Å². The van der Waals surface area contributed by atoms with Crippen molar-refractivity contribution in [3.63, 3.8) is 0 Å². The summed E-state index contributed by atoms with van der Waals surface area (Å²) >= 11 is 0. The van der Waals surface area contributed by atoms with Crippen LogP contribution in [0.15, 0.2) is 24.3 Å². The predicted molar refractivity (Wildman–Crippen MR) is 78.3 cm³/mol. The van der Waals surface area contributed by atoms with Gasteiger partial charge in [-0.3, -0.25) is 9.59 Å². The fourth-order valence-corrected chi connectivity index (χ4v) is 2.60. The molecule has 0 aromatic heterocycles. The minimum absolute atomic E-state index is 0.0784. The number of nitrogens with one attached hydrogen (secondary N) is 2. The molecule has 0 aliphatic heterocycles. The van der Waals surface area contributed by atoms with Crippen LogP contribution >= 0.6 is 0 Å². The van der Waals surface area contributed by atoms with E-state index in [0.717, 1.165) is 25.7 Å². The maximum Gasteiger partial charge on any atom is 0.251 e. The summed E-state index contributed by atoms with van der Waals surface area (Å²) in [7, 11) is 0. The molecule has 0 atom stereocenters. The van der Waals surface area contributed by atoms with Gasteiger partial charge in [0.05, 0.1) is 0 Å². The third kappa shape index (κ3) is 4.85. The molecule has 0 bridgehead atoms. The van der Waals surface area contributed by atoms with Gasteiger partial charge in [-0.1, -0.05) is 25.3 Å². The minimum atomic E-state index is -0.437. The predicted octanol–water partition coefficient (Wildman–Crippen LogP) is 2.25. The van der Waals surface area contributed by atoms with E-state index in [4.69, 9.17) is 0 Å². The largest absolute Gasteiger partial charge is 0.354 e. The van der Waals surface area contributed by atoms with E-state index < -0.39 is 5.82 Å². The first-order chi connectivity index (χ1) is 10.2. The molecule has 0 radical (unpaired) electrons. The van der Waals surface area contributed by atoms with Crippen LogP contribution in [-0.2, 0) is 4.79 Å². The molecule has 1 aliphatic rings. The molecule has 114 valence electrons. The molecule has 1 aromatic carbocycles. The van der Waals surface area contributed by atoms with Crippen molar-refractivity contribution in [1.29, 1.82) is 0 Å². The van der Waals surface area contributed by atoms with Gasteiger partial charge in [0.25, 0.3) is 5.91 Å². The molecule has 0 saturated heterocycles. The first kappa shape index (κ1) is 15.5. The van der Waals surface area contributed by atoms with E-state index in [-0.39, 0.29) is 23.3 Å². The Kier molecular flexibility index (Phi) is 5.72. The van der Waals surface area contributed by atoms with Gasteiger partial charge in [0.1, 0.15) is 5.82 Å². The highest BCUT2D eigenvalue weighted by atomic mass is 19.1. The van der Waals surface area contributed by atoms with Crippen LogP contribution in [0.5, 0.6) is 0 Å². The highest BCUT2D eigenvalue weighted by Gasteiger charge is 2.20. The fraction of sp³-hybridized carbons (Fsp3) is 0.500. The van der Waals surface area contributed by atoms with E-state index >= 15 is 0 Å². The molecule has 1 aliphatic carbocycles. The Bertz CT molecular complexity index is 499. The molecular formula is C16H21FN2O2. The summed E-state index contributed by atoms with van der Waals surface area (Å²) in [6, 6.07) is 5.53. The summed E-state index contributed by atoms with van der Waals surface area (Å²) in [6.45, 7) is 0.740. The highest BCUT2D eigenvalue weighted by Crippen LogP contribution is 2.23. The van der Waals surface area contributed by atoms with E-state index in [1.54, 1.807) is 6.07 Å². The molecule has 21 heavy (non-hydrogen) atoms. The summed E-state index contributed by atoms with van der Waals surface area (Å²) < 4.78 is 13.0. The Labute approximate surface area is 124 Å². The van der Waals surface area contributed by atoms with Crippen LogP contribution in [-0.4, -0.2) is 24.9 Å². The lowest BCUT2D eigenvalue weighted by molar-refractivity contribution is -0.125. The molecule has 5 heteroatoms. The molecule has 1 fully saturated rings. The number of hydrogen-bond acceptors (Lipinski definition) is 2. The Morgan fingerprint density at radius 1 is 1.10 bits per heavy atom. The maximum absolute atomic E-state index is 13.0. The quantitative estimate of drug-likeness (QED) is 0.818. The standard InChI is InChI=1S/C16H21FN2O2/c17-14-8-4-7-13(11-14)16(21)19-10-9-18-15(20)12-5-2-1-3-6-12/h4,7-8,11-12H,1-3,5-6,9-10H2,(H,18,20)(H,19,21). The molecule has 2 rings (SSSR count). The zero-order chi connectivity index (χ0) is 15.1. The fourth-order valence-electron chi connectivity index (χ4n) is 2.60. The number of benzene rings is 1. The molecule has 0 spiro atoms. The van der Waals surface area contributed by atoms with Gasteiger partial charge >= 0.3 is 0 Å². The van der Waals surface area contributed by atoms with Crippen molar-refractivity contribution in [3.8, 4) is 0 Å². The van der Waals surface area contributed by atoms with E-state index in [1.165, 1.54) is 24.6 Å². The van der Waals surface area contributed by atoms with Gasteiger partial charge in [-0.25, -0.2) is 4.39 Å². The monoisotopic (exact) mass is 292 g/mol. The zero-order valence-corrected chi connectivity index (χ0v) is 12.0. The smallest absolute Gasteiger partial charge is 0.251 e. The van der Waals surface area contributed by atoms with E-state index in [9.17, 15) is 14.0 Å². The van der Waals surface area contributed by atoms with Crippen molar-refractivity contribution >= 4 is 11.8 Å². The van der Waals surface area contributed by atoms with Crippen LogP contribution in [0.25, 0.3) is 0 Å². The average molecular weight is 292 g/mol. The Morgan fingerprint density at radius 2 is 1.81 bits per heavy atom. The molecule has 0 unspecified atom stereocenters. The lowest BCUT2D eigenvalue weighted by atomic mass is 9.89. The number of hydrogen-bond donors (Lipinski definition) is 2. The molecule has 4 nitrogen and oxygen atoms in total. The molecular weight excluding hydrogens is 271 g/mol. The van der Waals surface area contributed by atoms with Crippen LogP contribution in [0, 0.1) is 11.7 Å². The van der Waals surface area contributed by atoms with Crippen molar-refractivity contribution in [1.82, 2.24) is 10.6 Å². The first-order valence-electron chi connectivity index (χ1n) is 7.48. The van der Waals surface area contributed by atoms with Crippen molar-refractivity contribution < 1.29 is 14.0 Å². The van der Waals surface area contributed by atoms with Crippen molar-refractivity contribution in [3.05, 3.63) is 35.6 Å². The second kappa shape index (κ2) is 7.76. The molecule has 2 N–H and O–H groups in total. The maximum atomic E-state index is 13.0. The van der Waals surface area contributed by atoms with Crippen LogP contribution in [0.2, 0.25) is 0 Å². The van der Waals surface area contributed by atoms with Crippen LogP contribution in [0.3, 0.4) is 0 Å². The van der Waals surface area contributed by atoms with Crippen LogP contribution in [0.1, 0.15) is 42.5 Å². The van der Waals surface area contributed by atoms with Gasteiger partial charge in [0.15, 0.2) is 0 Å². The van der Waals surface area contributed by atoms with Crippen LogP contribution in [0.4, 0.5) is 4.39 Å². The summed E-state index contributed by atoms with van der Waals surface area (Å²) in [6.07, 6.45) is 5.37. The number of halogens is 1. The number of carbonyl (C=O) groups is 2. The summed E-state index contributed by atoms with van der Waals surface area (Å²) in [5.74, 6) is -0.568. The summed E-state index contributed by atoms with van der Waals surface area (Å²) in [5, 5.41) is 5.51. The van der Waals surface area contributed by atoms with Gasteiger partial charge in [-0.15, -0.1) is 0 Å². The summed E-state index contributed by atoms with van der Waals surface area (Å²) in [5.41, 5.74) is 0.286. The van der Waals surface area contributed by atoms with Gasteiger partial charge in [0.2, 0.25) is 5.91 Å². The number of rotatable bonds is 5. The number of amides is 2. The molecule has 1 saturated carbocycles. The Balaban J connectivity index is 1.67.